The highest BCUT2D eigenvalue weighted by Gasteiger charge is 2.34. The normalized spacial score (nSPS) is 22.3. The summed E-state index contributed by atoms with van der Waals surface area (Å²) in [5.41, 5.74) is 0. The molecule has 2 fully saturated rings. The van der Waals surface area contributed by atoms with Crippen LogP contribution in [0.1, 0.15) is 12.8 Å². The summed E-state index contributed by atoms with van der Waals surface area (Å²) in [4.78, 5) is 16.0. The first kappa shape index (κ1) is 13.1. The fraction of sp³-hybridized carbons (Fsp3) is 0.900. The Balaban J connectivity index is 0.00000112. The zero-order chi connectivity index (χ0) is 9.97. The molecule has 1 aliphatic carbocycles. The SMILES string of the molecule is Cl.O=C(C1CC1)N1CCN(CCCl)CC1. The lowest BCUT2D eigenvalue weighted by Crippen LogP contribution is -2.49. The fourth-order valence-corrected chi connectivity index (χ4v) is 2.14. The molecule has 0 radical (unpaired) electrons. The molecular formula is C10H18Cl2N2O. The molecule has 1 aliphatic heterocycles. The van der Waals surface area contributed by atoms with E-state index in [1.165, 1.54) is 0 Å². The van der Waals surface area contributed by atoms with Crippen LogP contribution in [-0.4, -0.2) is 54.3 Å². The number of hydrogen-bond donors (Lipinski definition) is 0. The van der Waals surface area contributed by atoms with E-state index in [9.17, 15) is 4.79 Å². The topological polar surface area (TPSA) is 23.6 Å². The average molecular weight is 253 g/mol. The molecule has 5 heteroatoms. The molecule has 0 atom stereocenters. The first-order valence-electron chi connectivity index (χ1n) is 5.38. The molecule has 0 unspecified atom stereocenters. The zero-order valence-corrected chi connectivity index (χ0v) is 10.4. The van der Waals surface area contributed by atoms with Gasteiger partial charge in [-0.3, -0.25) is 9.69 Å². The van der Waals surface area contributed by atoms with Crippen LogP contribution in [0.15, 0.2) is 0 Å². The molecule has 0 aromatic carbocycles. The zero-order valence-electron chi connectivity index (χ0n) is 8.82. The quantitative estimate of drug-likeness (QED) is 0.706. The van der Waals surface area contributed by atoms with Crippen LogP contribution >= 0.6 is 24.0 Å². The smallest absolute Gasteiger partial charge is 0.225 e. The predicted molar refractivity (Wildman–Crippen MR) is 63.7 cm³/mol. The van der Waals surface area contributed by atoms with E-state index in [-0.39, 0.29) is 12.4 Å². The van der Waals surface area contributed by atoms with Gasteiger partial charge in [0, 0.05) is 44.5 Å². The van der Waals surface area contributed by atoms with Crippen molar-refractivity contribution >= 4 is 29.9 Å². The third-order valence-corrected chi connectivity index (χ3v) is 3.18. The summed E-state index contributed by atoms with van der Waals surface area (Å²) in [5.74, 6) is 1.45. The molecule has 0 bridgehead atoms. The Labute approximate surface area is 102 Å². The van der Waals surface area contributed by atoms with Gasteiger partial charge in [0.2, 0.25) is 5.91 Å². The molecule has 1 saturated carbocycles. The van der Waals surface area contributed by atoms with Crippen LogP contribution in [0, 0.1) is 5.92 Å². The number of amides is 1. The van der Waals surface area contributed by atoms with Crippen LogP contribution in [0.2, 0.25) is 0 Å². The van der Waals surface area contributed by atoms with Crippen molar-refractivity contribution in [2.75, 3.05) is 38.6 Å². The van der Waals surface area contributed by atoms with Crippen molar-refractivity contribution in [1.82, 2.24) is 9.80 Å². The first-order chi connectivity index (χ1) is 6.81. The monoisotopic (exact) mass is 252 g/mol. The Kier molecular flexibility index (Phi) is 5.16. The maximum absolute atomic E-state index is 11.7. The maximum atomic E-state index is 11.7. The number of halogens is 2. The molecule has 3 nitrogen and oxygen atoms in total. The second kappa shape index (κ2) is 5.92. The van der Waals surface area contributed by atoms with E-state index in [0.29, 0.717) is 17.7 Å². The molecule has 1 saturated heterocycles. The van der Waals surface area contributed by atoms with E-state index in [1.807, 2.05) is 4.90 Å². The highest BCUT2D eigenvalue weighted by Crippen LogP contribution is 2.31. The number of carbonyl (C=O) groups excluding carboxylic acids is 1. The lowest BCUT2D eigenvalue weighted by molar-refractivity contribution is -0.134. The molecular weight excluding hydrogens is 235 g/mol. The summed E-state index contributed by atoms with van der Waals surface area (Å²) in [5, 5.41) is 0. The Morgan fingerprint density at radius 3 is 2.27 bits per heavy atom. The van der Waals surface area contributed by atoms with Crippen molar-refractivity contribution < 1.29 is 4.79 Å². The van der Waals surface area contributed by atoms with E-state index in [2.05, 4.69) is 4.90 Å². The molecule has 2 rings (SSSR count). The molecule has 15 heavy (non-hydrogen) atoms. The lowest BCUT2D eigenvalue weighted by Gasteiger charge is -2.34. The van der Waals surface area contributed by atoms with Gasteiger partial charge in [0.1, 0.15) is 0 Å². The summed E-state index contributed by atoms with van der Waals surface area (Å²) < 4.78 is 0. The fourth-order valence-electron chi connectivity index (χ4n) is 1.90. The summed E-state index contributed by atoms with van der Waals surface area (Å²) >= 11 is 5.67. The second-order valence-electron chi connectivity index (χ2n) is 4.13. The predicted octanol–water partition coefficient (Wildman–Crippen LogP) is 1.20. The van der Waals surface area contributed by atoms with Crippen molar-refractivity contribution in [2.24, 2.45) is 5.92 Å². The molecule has 0 spiro atoms. The number of carbonyl (C=O) groups is 1. The highest BCUT2D eigenvalue weighted by molar-refractivity contribution is 6.18. The van der Waals surface area contributed by atoms with Gasteiger partial charge in [-0.15, -0.1) is 24.0 Å². The van der Waals surface area contributed by atoms with Gasteiger partial charge < -0.3 is 4.90 Å². The van der Waals surface area contributed by atoms with Crippen LogP contribution < -0.4 is 0 Å². The van der Waals surface area contributed by atoms with Gasteiger partial charge in [-0.05, 0) is 12.8 Å². The standard InChI is InChI=1S/C10H17ClN2O.ClH/c11-3-4-12-5-7-13(8-6-12)10(14)9-1-2-9;/h9H,1-8H2;1H. The molecule has 88 valence electrons. The van der Waals surface area contributed by atoms with Crippen molar-refractivity contribution in [1.29, 1.82) is 0 Å². The van der Waals surface area contributed by atoms with Gasteiger partial charge >= 0.3 is 0 Å². The van der Waals surface area contributed by atoms with Gasteiger partial charge in [-0.1, -0.05) is 0 Å². The van der Waals surface area contributed by atoms with Crippen LogP contribution in [0.25, 0.3) is 0 Å². The Bertz CT molecular complexity index is 213. The Morgan fingerprint density at radius 1 is 1.20 bits per heavy atom. The van der Waals surface area contributed by atoms with E-state index >= 15 is 0 Å². The maximum Gasteiger partial charge on any atom is 0.225 e. The molecule has 0 aromatic rings. The molecule has 1 amide bonds. The number of piperazine rings is 1. The summed E-state index contributed by atoms with van der Waals surface area (Å²) in [7, 11) is 0. The highest BCUT2D eigenvalue weighted by atomic mass is 35.5. The van der Waals surface area contributed by atoms with Crippen LogP contribution in [0.3, 0.4) is 0 Å². The van der Waals surface area contributed by atoms with Crippen molar-refractivity contribution in [3.8, 4) is 0 Å². The molecule has 2 aliphatic rings. The van der Waals surface area contributed by atoms with Gasteiger partial charge in [-0.25, -0.2) is 0 Å². The minimum Gasteiger partial charge on any atom is -0.340 e. The third kappa shape index (κ3) is 3.51. The van der Waals surface area contributed by atoms with Gasteiger partial charge in [0.15, 0.2) is 0 Å². The minimum atomic E-state index is 0. The van der Waals surface area contributed by atoms with Gasteiger partial charge in [0.05, 0.1) is 0 Å². The number of hydrogen-bond acceptors (Lipinski definition) is 2. The summed E-state index contributed by atoms with van der Waals surface area (Å²) in [6, 6.07) is 0. The Morgan fingerprint density at radius 2 is 1.80 bits per heavy atom. The summed E-state index contributed by atoms with van der Waals surface area (Å²) in [6.07, 6.45) is 2.22. The lowest BCUT2D eigenvalue weighted by atomic mass is 10.2. The van der Waals surface area contributed by atoms with Gasteiger partial charge in [0.25, 0.3) is 0 Å². The summed E-state index contributed by atoms with van der Waals surface area (Å²) in [6.45, 7) is 4.72. The number of nitrogens with zero attached hydrogens (tertiary/aromatic N) is 2. The van der Waals surface area contributed by atoms with Crippen LogP contribution in [-0.2, 0) is 4.79 Å². The molecule has 0 N–H and O–H groups in total. The van der Waals surface area contributed by atoms with Crippen molar-refractivity contribution in [3.63, 3.8) is 0 Å². The van der Waals surface area contributed by atoms with Gasteiger partial charge in [-0.2, -0.15) is 0 Å². The number of alkyl halides is 1. The van der Waals surface area contributed by atoms with E-state index in [1.54, 1.807) is 0 Å². The largest absolute Gasteiger partial charge is 0.340 e. The van der Waals surface area contributed by atoms with Crippen LogP contribution in [0.4, 0.5) is 0 Å². The number of rotatable bonds is 3. The van der Waals surface area contributed by atoms with Crippen molar-refractivity contribution in [2.45, 2.75) is 12.8 Å². The third-order valence-electron chi connectivity index (χ3n) is 3.01. The van der Waals surface area contributed by atoms with Crippen molar-refractivity contribution in [3.05, 3.63) is 0 Å². The first-order valence-corrected chi connectivity index (χ1v) is 5.92. The Hall–Kier alpha value is 0.01000. The molecule has 0 aromatic heterocycles. The minimum absolute atomic E-state index is 0. The average Bonchev–Trinajstić information content (AvgIpc) is 3.02. The van der Waals surface area contributed by atoms with E-state index in [4.69, 9.17) is 11.6 Å². The van der Waals surface area contributed by atoms with E-state index < -0.39 is 0 Å². The van der Waals surface area contributed by atoms with E-state index in [0.717, 1.165) is 45.6 Å². The van der Waals surface area contributed by atoms with Crippen LogP contribution in [0.5, 0.6) is 0 Å². The second-order valence-corrected chi connectivity index (χ2v) is 4.51. The molecule has 1 heterocycles.